The number of aromatic nitrogens is 1. The van der Waals surface area contributed by atoms with E-state index in [1.54, 1.807) is 18.2 Å². The molecule has 0 bridgehead atoms. The van der Waals surface area contributed by atoms with Crippen molar-refractivity contribution in [3.05, 3.63) is 77.1 Å². The van der Waals surface area contributed by atoms with Crippen molar-refractivity contribution in [3.8, 4) is 11.5 Å². The fraction of sp³-hybridized carbons (Fsp3) is 0.261. The van der Waals surface area contributed by atoms with Crippen molar-refractivity contribution < 1.29 is 23.4 Å². The lowest BCUT2D eigenvalue weighted by molar-refractivity contribution is 0.105. The highest BCUT2D eigenvalue weighted by atomic mass is 19.1. The average molecular weight is 410 g/mol. The summed E-state index contributed by atoms with van der Waals surface area (Å²) < 4.78 is 24.6. The van der Waals surface area contributed by atoms with E-state index >= 15 is 0 Å². The molecule has 0 aliphatic rings. The highest BCUT2D eigenvalue weighted by Gasteiger charge is 2.30. The highest BCUT2D eigenvalue weighted by molar-refractivity contribution is 5.79. The van der Waals surface area contributed by atoms with Gasteiger partial charge >= 0.3 is 0 Å². The number of rotatable bonds is 7. The van der Waals surface area contributed by atoms with E-state index in [-0.39, 0.29) is 5.82 Å². The van der Waals surface area contributed by atoms with Crippen LogP contribution in [-0.2, 0) is 18.4 Å². The van der Waals surface area contributed by atoms with Crippen LogP contribution in [0.3, 0.4) is 0 Å². The Hall–Kier alpha value is -3.00. The molecule has 7 heteroatoms. The summed E-state index contributed by atoms with van der Waals surface area (Å²) in [7, 11) is 0. The lowest BCUT2D eigenvalue weighted by Gasteiger charge is -2.21. The summed E-state index contributed by atoms with van der Waals surface area (Å²) in [6, 6.07) is 13.6. The maximum Gasteiger partial charge on any atom is 0.226 e. The van der Waals surface area contributed by atoms with Crippen LogP contribution >= 0.6 is 0 Å². The normalized spacial score (nSPS) is 12.0. The first-order valence-corrected chi connectivity index (χ1v) is 9.67. The Kier molecular flexibility index (Phi) is 5.42. The van der Waals surface area contributed by atoms with E-state index in [1.165, 1.54) is 12.1 Å². The first-order valence-electron chi connectivity index (χ1n) is 9.67. The minimum atomic E-state index is -1.31. The van der Waals surface area contributed by atoms with Crippen molar-refractivity contribution in [1.82, 2.24) is 4.98 Å². The van der Waals surface area contributed by atoms with Gasteiger partial charge in [-0.05, 0) is 67.8 Å². The van der Waals surface area contributed by atoms with Gasteiger partial charge in [-0.3, -0.25) is 0 Å². The van der Waals surface area contributed by atoms with Crippen molar-refractivity contribution >= 4 is 11.0 Å². The molecule has 0 atom stereocenters. The Morgan fingerprint density at radius 1 is 1.00 bits per heavy atom. The van der Waals surface area contributed by atoms with E-state index in [4.69, 9.17) is 14.6 Å². The molecule has 30 heavy (non-hydrogen) atoms. The lowest BCUT2D eigenvalue weighted by atomic mass is 9.99. The third-order valence-electron chi connectivity index (χ3n) is 5.27. The number of hydrogen-bond donors (Lipinski definition) is 3. The number of oxazole rings is 1. The van der Waals surface area contributed by atoms with Gasteiger partial charge in [-0.2, -0.15) is 0 Å². The van der Waals surface area contributed by atoms with Crippen LogP contribution in [0.5, 0.6) is 0 Å². The molecule has 2 heterocycles. The van der Waals surface area contributed by atoms with Crippen LogP contribution in [-0.4, -0.2) is 28.4 Å². The van der Waals surface area contributed by atoms with E-state index in [0.717, 1.165) is 34.4 Å². The quantitative estimate of drug-likeness (QED) is 0.431. The molecule has 0 unspecified atom stereocenters. The van der Waals surface area contributed by atoms with Gasteiger partial charge in [0.15, 0.2) is 0 Å². The minimum absolute atomic E-state index is 0.301. The SMILES string of the molecule is Cc1oc(-c2ccc(F)cc2)nc1CCc1ccc2oc(C(N)(CO)CO)cc2c1. The zero-order valence-electron chi connectivity index (χ0n) is 16.6. The molecule has 2 aromatic carbocycles. The monoisotopic (exact) mass is 410 g/mol. The van der Waals surface area contributed by atoms with Gasteiger partial charge in [0, 0.05) is 10.9 Å². The molecule has 6 nitrogen and oxygen atoms in total. The van der Waals surface area contributed by atoms with E-state index < -0.39 is 18.8 Å². The fourth-order valence-electron chi connectivity index (χ4n) is 3.34. The predicted molar refractivity (Wildman–Crippen MR) is 110 cm³/mol. The van der Waals surface area contributed by atoms with Crippen LogP contribution in [0.15, 0.2) is 57.4 Å². The molecule has 0 aliphatic heterocycles. The Labute approximate surface area is 172 Å². The summed E-state index contributed by atoms with van der Waals surface area (Å²) in [5.41, 5.74) is 7.99. The molecule has 2 aromatic heterocycles. The van der Waals surface area contributed by atoms with Crippen LogP contribution in [0.2, 0.25) is 0 Å². The molecule has 4 rings (SSSR count). The second-order valence-electron chi connectivity index (χ2n) is 7.48. The summed E-state index contributed by atoms with van der Waals surface area (Å²) in [4.78, 5) is 4.57. The van der Waals surface area contributed by atoms with Crippen LogP contribution in [0.25, 0.3) is 22.4 Å². The van der Waals surface area contributed by atoms with Crippen molar-refractivity contribution in [3.63, 3.8) is 0 Å². The lowest BCUT2D eigenvalue weighted by Crippen LogP contribution is -2.43. The number of benzene rings is 2. The maximum atomic E-state index is 13.1. The first kappa shape index (κ1) is 20.3. The third-order valence-corrected chi connectivity index (χ3v) is 5.27. The molecular weight excluding hydrogens is 387 g/mol. The van der Waals surface area contributed by atoms with E-state index in [9.17, 15) is 14.6 Å². The van der Waals surface area contributed by atoms with Gasteiger partial charge in [0.25, 0.3) is 0 Å². The second kappa shape index (κ2) is 8.02. The summed E-state index contributed by atoms with van der Waals surface area (Å²) in [6.07, 6.45) is 1.42. The summed E-state index contributed by atoms with van der Waals surface area (Å²) >= 11 is 0. The van der Waals surface area contributed by atoms with Gasteiger partial charge in [0.2, 0.25) is 5.89 Å². The fourth-order valence-corrected chi connectivity index (χ4v) is 3.34. The predicted octanol–water partition coefficient (Wildman–Crippen LogP) is 3.46. The number of aliphatic hydroxyl groups excluding tert-OH is 2. The van der Waals surface area contributed by atoms with Gasteiger partial charge < -0.3 is 24.8 Å². The molecule has 4 N–H and O–H groups in total. The summed E-state index contributed by atoms with van der Waals surface area (Å²) in [5.74, 6) is 1.25. The number of halogens is 1. The van der Waals surface area contributed by atoms with Gasteiger partial charge in [0.05, 0.1) is 18.9 Å². The van der Waals surface area contributed by atoms with Crippen molar-refractivity contribution in [2.45, 2.75) is 25.3 Å². The number of nitrogens with zero attached hydrogens (tertiary/aromatic N) is 1. The Morgan fingerprint density at radius 2 is 1.73 bits per heavy atom. The molecular formula is C23H23FN2O4. The zero-order chi connectivity index (χ0) is 21.3. The number of hydrogen-bond acceptors (Lipinski definition) is 6. The van der Waals surface area contributed by atoms with E-state index in [2.05, 4.69) is 4.98 Å². The topological polar surface area (TPSA) is 106 Å². The van der Waals surface area contributed by atoms with Crippen molar-refractivity contribution in [2.24, 2.45) is 5.73 Å². The Balaban J connectivity index is 1.52. The summed E-state index contributed by atoms with van der Waals surface area (Å²) in [5, 5.41) is 19.8. The van der Waals surface area contributed by atoms with Crippen LogP contribution < -0.4 is 5.73 Å². The summed E-state index contributed by atoms with van der Waals surface area (Å²) in [6.45, 7) is 1.03. The van der Waals surface area contributed by atoms with E-state index in [0.29, 0.717) is 23.7 Å². The largest absolute Gasteiger partial charge is 0.459 e. The van der Waals surface area contributed by atoms with E-state index in [1.807, 2.05) is 25.1 Å². The number of nitrogens with two attached hydrogens (primary N) is 1. The highest BCUT2D eigenvalue weighted by Crippen LogP contribution is 2.28. The van der Waals surface area contributed by atoms with Crippen LogP contribution in [0.1, 0.15) is 22.8 Å². The van der Waals surface area contributed by atoms with Crippen molar-refractivity contribution in [2.75, 3.05) is 13.2 Å². The van der Waals surface area contributed by atoms with Crippen LogP contribution in [0.4, 0.5) is 4.39 Å². The first-order chi connectivity index (χ1) is 14.4. The molecule has 0 spiro atoms. The Bertz CT molecular complexity index is 1160. The standard InChI is InChI=1S/C23H23FN2O4/c1-14-19(26-22(29-14)16-4-6-18(24)7-5-16)8-2-15-3-9-20-17(10-15)11-21(30-20)23(25,12-27)13-28/h3-7,9-11,27-28H,2,8,12-13,25H2,1H3. The maximum absolute atomic E-state index is 13.1. The molecule has 0 radical (unpaired) electrons. The van der Waals surface area contributed by atoms with Gasteiger partial charge in [-0.1, -0.05) is 6.07 Å². The molecule has 0 amide bonds. The third kappa shape index (κ3) is 3.87. The molecule has 0 aliphatic carbocycles. The smallest absolute Gasteiger partial charge is 0.226 e. The minimum Gasteiger partial charge on any atom is -0.459 e. The molecule has 0 saturated carbocycles. The number of furan rings is 1. The van der Waals surface area contributed by atoms with Gasteiger partial charge in [0.1, 0.15) is 28.5 Å². The molecule has 156 valence electrons. The number of fused-ring (bicyclic) bond motifs is 1. The molecule has 0 fully saturated rings. The van der Waals surface area contributed by atoms with Gasteiger partial charge in [-0.25, -0.2) is 9.37 Å². The van der Waals surface area contributed by atoms with Crippen molar-refractivity contribution in [1.29, 1.82) is 0 Å². The molecule has 4 aromatic rings. The van der Waals surface area contributed by atoms with Crippen LogP contribution in [0, 0.1) is 12.7 Å². The zero-order valence-corrected chi connectivity index (χ0v) is 16.6. The second-order valence-corrected chi connectivity index (χ2v) is 7.48. The molecule has 0 saturated heterocycles. The average Bonchev–Trinajstić information content (AvgIpc) is 3.35. The Morgan fingerprint density at radius 3 is 2.43 bits per heavy atom. The van der Waals surface area contributed by atoms with Gasteiger partial charge in [-0.15, -0.1) is 0 Å². The number of aliphatic hydroxyl groups is 2. The number of aryl methyl sites for hydroxylation is 3.